The van der Waals surface area contributed by atoms with Crippen LogP contribution in [0.5, 0.6) is 5.88 Å². The van der Waals surface area contributed by atoms with E-state index in [0.717, 1.165) is 0 Å². The normalized spacial score (nSPS) is 11.2. The van der Waals surface area contributed by atoms with Crippen LogP contribution in [0.3, 0.4) is 0 Å². The summed E-state index contributed by atoms with van der Waals surface area (Å²) >= 11 is 0. The maximum absolute atomic E-state index is 13.5. The first kappa shape index (κ1) is 21.2. The monoisotopic (exact) mass is 441 g/mol. The number of aryl methyl sites for hydroxylation is 2. The highest BCUT2D eigenvalue weighted by Gasteiger charge is 2.22. The molecule has 0 spiro atoms. The van der Waals surface area contributed by atoms with Gasteiger partial charge in [-0.3, -0.25) is 10.1 Å². The van der Waals surface area contributed by atoms with Crippen LogP contribution in [0.1, 0.15) is 29.5 Å². The zero-order chi connectivity index (χ0) is 22.8. The number of hydrogen-bond acceptors (Lipinski definition) is 7. The first-order chi connectivity index (χ1) is 15.3. The minimum Gasteiger partial charge on any atom is -0.469 e. The summed E-state index contributed by atoms with van der Waals surface area (Å²) in [5.41, 5.74) is 7.35. The number of nitrogens with zero attached hydrogens (tertiary/aromatic N) is 5. The number of nitrogen functional groups attached to an aromatic ring is 1. The second-order valence-electron chi connectivity index (χ2n) is 6.96. The van der Waals surface area contributed by atoms with Gasteiger partial charge in [0.15, 0.2) is 5.82 Å². The lowest BCUT2D eigenvalue weighted by molar-refractivity contribution is 0.146. The quantitative estimate of drug-likeness (QED) is 0.461. The Morgan fingerprint density at radius 1 is 1.00 bits per heavy atom. The summed E-state index contributed by atoms with van der Waals surface area (Å²) in [6.07, 6.45) is -2.78. The molecule has 3 aromatic heterocycles. The maximum Gasteiger partial charge on any atom is 0.280 e. The molecule has 0 bridgehead atoms. The van der Waals surface area contributed by atoms with Crippen molar-refractivity contribution in [3.63, 3.8) is 0 Å². The average molecular weight is 441 g/mol. The third kappa shape index (κ3) is 4.51. The number of alkyl halides is 2. The summed E-state index contributed by atoms with van der Waals surface area (Å²) in [4.78, 5) is 16.5. The predicted molar refractivity (Wildman–Crippen MR) is 110 cm³/mol. The van der Waals surface area contributed by atoms with Crippen molar-refractivity contribution < 1.29 is 17.9 Å². The Hall–Kier alpha value is -4.02. The summed E-state index contributed by atoms with van der Waals surface area (Å²) in [6, 6.07) is 8.39. The number of halogens is 3. The van der Waals surface area contributed by atoms with Gasteiger partial charge in [-0.1, -0.05) is 0 Å². The van der Waals surface area contributed by atoms with E-state index in [9.17, 15) is 13.2 Å². The van der Waals surface area contributed by atoms with Crippen molar-refractivity contribution >= 4 is 5.95 Å². The van der Waals surface area contributed by atoms with E-state index in [0.29, 0.717) is 39.7 Å². The van der Waals surface area contributed by atoms with Crippen molar-refractivity contribution in [3.8, 4) is 28.3 Å². The fraction of sp³-hybridized carbons (Fsp3) is 0.190. The van der Waals surface area contributed by atoms with Gasteiger partial charge < -0.3 is 10.5 Å². The van der Waals surface area contributed by atoms with E-state index in [-0.39, 0.29) is 18.4 Å². The number of anilines is 1. The topological polar surface area (TPSA) is 115 Å². The average Bonchev–Trinajstić information content (AvgIpc) is 3.17. The number of nitrogens with two attached hydrogens (primary N) is 1. The van der Waals surface area contributed by atoms with Crippen LogP contribution < -0.4 is 10.5 Å². The van der Waals surface area contributed by atoms with Crippen LogP contribution in [0.4, 0.5) is 19.1 Å². The van der Waals surface area contributed by atoms with E-state index in [2.05, 4.69) is 30.1 Å². The number of pyridine rings is 1. The number of H-pyrrole nitrogens is 1. The molecule has 0 radical (unpaired) electrons. The molecule has 0 unspecified atom stereocenters. The molecule has 0 aliphatic heterocycles. The summed E-state index contributed by atoms with van der Waals surface area (Å²) in [6.45, 7) is 3.29. The molecule has 0 aliphatic rings. The number of nitrogens with one attached hydrogen (secondary N) is 1. The van der Waals surface area contributed by atoms with Crippen LogP contribution in [0.25, 0.3) is 22.4 Å². The molecule has 11 heteroatoms. The van der Waals surface area contributed by atoms with Crippen LogP contribution in [0.2, 0.25) is 0 Å². The lowest BCUT2D eigenvalue weighted by Gasteiger charge is -2.16. The third-order valence-corrected chi connectivity index (χ3v) is 4.49. The van der Waals surface area contributed by atoms with E-state index >= 15 is 0 Å². The third-order valence-electron chi connectivity index (χ3n) is 4.49. The zero-order valence-electron chi connectivity index (χ0n) is 17.1. The van der Waals surface area contributed by atoms with Gasteiger partial charge in [0, 0.05) is 11.3 Å². The summed E-state index contributed by atoms with van der Waals surface area (Å²) < 4.78 is 46.2. The number of rotatable bonds is 6. The zero-order valence-corrected chi connectivity index (χ0v) is 17.1. The molecule has 32 heavy (non-hydrogen) atoms. The molecule has 0 aliphatic carbocycles. The first-order valence-corrected chi connectivity index (χ1v) is 9.51. The minimum atomic E-state index is -2.78. The molecule has 8 nitrogen and oxygen atoms in total. The number of aromatic amines is 1. The van der Waals surface area contributed by atoms with Gasteiger partial charge in [-0.25, -0.2) is 23.1 Å². The Kier molecular flexibility index (Phi) is 5.71. The summed E-state index contributed by atoms with van der Waals surface area (Å²) in [5, 5.41) is 6.67. The Morgan fingerprint density at radius 2 is 1.75 bits per heavy atom. The van der Waals surface area contributed by atoms with E-state index in [1.807, 2.05) is 0 Å². The summed E-state index contributed by atoms with van der Waals surface area (Å²) in [5.74, 6) is 0.486. The molecule has 0 saturated heterocycles. The van der Waals surface area contributed by atoms with Gasteiger partial charge in [0.25, 0.3) is 6.43 Å². The van der Waals surface area contributed by atoms with Gasteiger partial charge in [-0.2, -0.15) is 10.1 Å². The van der Waals surface area contributed by atoms with Crippen molar-refractivity contribution in [2.45, 2.75) is 26.9 Å². The van der Waals surface area contributed by atoms with Gasteiger partial charge in [0.05, 0.1) is 11.3 Å². The molecule has 4 aromatic rings. The number of ether oxygens (including phenoxy) is 1. The fourth-order valence-corrected chi connectivity index (χ4v) is 3.18. The molecule has 0 fully saturated rings. The molecular formula is C21H18F3N7O. The molecular weight excluding hydrogens is 423 g/mol. The van der Waals surface area contributed by atoms with Crippen LogP contribution in [-0.4, -0.2) is 30.1 Å². The fourth-order valence-electron chi connectivity index (χ4n) is 3.18. The maximum atomic E-state index is 13.5. The summed E-state index contributed by atoms with van der Waals surface area (Å²) in [7, 11) is 0. The first-order valence-electron chi connectivity index (χ1n) is 9.51. The number of hydrogen-bond donors (Lipinski definition) is 2. The molecule has 3 N–H and O–H groups in total. The molecule has 0 saturated carbocycles. The van der Waals surface area contributed by atoms with Gasteiger partial charge in [-0.05, 0) is 55.8 Å². The van der Waals surface area contributed by atoms with Gasteiger partial charge in [-0.15, -0.1) is 0 Å². The van der Waals surface area contributed by atoms with E-state index in [1.54, 1.807) is 19.9 Å². The van der Waals surface area contributed by atoms with Crippen molar-refractivity contribution in [1.29, 1.82) is 0 Å². The molecule has 164 valence electrons. The lowest BCUT2D eigenvalue weighted by atomic mass is 9.99. The second-order valence-corrected chi connectivity index (χ2v) is 6.96. The minimum absolute atomic E-state index is 0.0288. The van der Waals surface area contributed by atoms with Crippen molar-refractivity contribution in [1.82, 2.24) is 30.1 Å². The van der Waals surface area contributed by atoms with Crippen molar-refractivity contribution in [3.05, 3.63) is 65.3 Å². The molecule has 0 atom stereocenters. The van der Waals surface area contributed by atoms with Gasteiger partial charge >= 0.3 is 0 Å². The van der Waals surface area contributed by atoms with Crippen LogP contribution in [-0.2, 0) is 6.61 Å². The van der Waals surface area contributed by atoms with Gasteiger partial charge in [0.2, 0.25) is 11.8 Å². The second kappa shape index (κ2) is 8.61. The van der Waals surface area contributed by atoms with Crippen LogP contribution in [0.15, 0.2) is 36.4 Å². The number of benzene rings is 1. The van der Waals surface area contributed by atoms with Gasteiger partial charge in [0.1, 0.15) is 23.9 Å². The van der Waals surface area contributed by atoms with Crippen LogP contribution >= 0.6 is 0 Å². The van der Waals surface area contributed by atoms with E-state index in [4.69, 9.17) is 10.5 Å². The highest BCUT2D eigenvalue weighted by atomic mass is 19.3. The highest BCUT2D eigenvalue weighted by Crippen LogP contribution is 2.39. The van der Waals surface area contributed by atoms with Crippen molar-refractivity contribution in [2.24, 2.45) is 0 Å². The van der Waals surface area contributed by atoms with E-state index < -0.39 is 17.9 Å². The molecule has 4 rings (SSSR count). The Morgan fingerprint density at radius 3 is 2.41 bits per heavy atom. The molecule has 1 aromatic carbocycles. The Bertz CT molecular complexity index is 1260. The SMILES string of the molecule is Cc1cc(-c2c(OCc3nc(C)n[nH]3)nc(N)nc2-c2ccc(F)cc2)cc(C(F)F)n1. The van der Waals surface area contributed by atoms with Crippen molar-refractivity contribution in [2.75, 3.05) is 5.73 Å². The smallest absolute Gasteiger partial charge is 0.280 e. The van der Waals surface area contributed by atoms with E-state index in [1.165, 1.54) is 30.3 Å². The lowest BCUT2D eigenvalue weighted by Crippen LogP contribution is -2.07. The molecule has 0 amide bonds. The number of aromatic nitrogens is 6. The highest BCUT2D eigenvalue weighted by molar-refractivity contribution is 5.85. The largest absolute Gasteiger partial charge is 0.469 e. The van der Waals surface area contributed by atoms with Crippen LogP contribution in [0, 0.1) is 19.7 Å². The Balaban J connectivity index is 1.90. The Labute approximate surface area is 180 Å². The standard InChI is InChI=1S/C21H18F3N7O/c1-10-7-13(8-15(26-10)19(23)24)17-18(12-3-5-14(22)6-4-12)28-21(25)29-20(17)32-9-16-27-11(2)30-31-16/h3-8,19H,9H2,1-2H3,(H2,25,28,29)(H,27,30,31). The molecule has 3 heterocycles. The predicted octanol–water partition coefficient (Wildman–Crippen LogP) is 4.18.